The molecule has 1 heteroatoms. The molecule has 9 heavy (non-hydrogen) atoms. The third-order valence-corrected chi connectivity index (χ3v) is 1.70. The molecular weight excluding hydrogens is 112 g/mol. The molecule has 0 aromatic carbocycles. The van der Waals surface area contributed by atoms with Crippen LogP contribution in [0, 0.1) is 0 Å². The fraction of sp³-hybridized carbons (Fsp3) is 0.750. The number of ether oxygens (including phenoxy) is 1. The van der Waals surface area contributed by atoms with Gasteiger partial charge in [-0.05, 0) is 33.3 Å². The third-order valence-electron chi connectivity index (χ3n) is 1.70. The highest BCUT2D eigenvalue weighted by Gasteiger charge is 2.27. The molecule has 0 N–H and O–H groups in total. The standard InChI is InChI=1S/C8H14O/c1-4-7-5-6-8(2,3)9-7/h4H,5-6H2,1-3H3/b7-4+. The predicted octanol–water partition coefficient (Wildman–Crippen LogP) is 2.48. The first-order valence-electron chi connectivity index (χ1n) is 3.48. The molecule has 1 rings (SSSR count). The van der Waals surface area contributed by atoms with E-state index in [9.17, 15) is 0 Å². The molecule has 0 atom stereocenters. The first-order chi connectivity index (χ1) is 4.14. The average Bonchev–Trinajstić information content (AvgIpc) is 2.10. The second-order valence-corrected chi connectivity index (χ2v) is 3.12. The summed E-state index contributed by atoms with van der Waals surface area (Å²) in [5.74, 6) is 1.15. The van der Waals surface area contributed by atoms with Crippen molar-refractivity contribution < 1.29 is 4.74 Å². The molecule has 1 aliphatic heterocycles. The van der Waals surface area contributed by atoms with E-state index in [2.05, 4.69) is 19.9 Å². The van der Waals surface area contributed by atoms with Gasteiger partial charge >= 0.3 is 0 Å². The Morgan fingerprint density at radius 1 is 1.56 bits per heavy atom. The monoisotopic (exact) mass is 126 g/mol. The third kappa shape index (κ3) is 1.47. The van der Waals surface area contributed by atoms with Crippen LogP contribution in [-0.4, -0.2) is 5.60 Å². The van der Waals surface area contributed by atoms with E-state index in [1.54, 1.807) is 0 Å². The SMILES string of the molecule is C/C=C1\CCC(C)(C)O1. The molecular formula is C8H14O. The van der Waals surface area contributed by atoms with Crippen LogP contribution in [-0.2, 0) is 4.74 Å². The zero-order chi connectivity index (χ0) is 6.91. The Morgan fingerprint density at radius 2 is 2.22 bits per heavy atom. The summed E-state index contributed by atoms with van der Waals surface area (Å²) in [4.78, 5) is 0. The molecule has 1 aliphatic rings. The van der Waals surface area contributed by atoms with Gasteiger partial charge in [-0.3, -0.25) is 0 Å². The van der Waals surface area contributed by atoms with Crippen LogP contribution in [0.25, 0.3) is 0 Å². The second kappa shape index (κ2) is 2.05. The zero-order valence-electron chi connectivity index (χ0n) is 6.40. The fourth-order valence-electron chi connectivity index (χ4n) is 1.08. The maximum absolute atomic E-state index is 5.56. The van der Waals surface area contributed by atoms with Gasteiger partial charge in [-0.15, -0.1) is 0 Å². The van der Waals surface area contributed by atoms with Gasteiger partial charge in [-0.1, -0.05) is 0 Å². The minimum atomic E-state index is 0.0991. The predicted molar refractivity (Wildman–Crippen MR) is 38.2 cm³/mol. The molecule has 0 saturated carbocycles. The van der Waals surface area contributed by atoms with Gasteiger partial charge in [0.1, 0.15) is 5.60 Å². The van der Waals surface area contributed by atoms with Crippen LogP contribution in [0.2, 0.25) is 0 Å². The first kappa shape index (κ1) is 6.66. The lowest BCUT2D eigenvalue weighted by Crippen LogP contribution is -2.15. The van der Waals surface area contributed by atoms with Crippen LogP contribution in [0.5, 0.6) is 0 Å². The van der Waals surface area contributed by atoms with Crippen molar-refractivity contribution in [2.75, 3.05) is 0 Å². The molecule has 1 nitrogen and oxygen atoms in total. The number of rotatable bonds is 0. The van der Waals surface area contributed by atoms with Crippen molar-refractivity contribution in [1.82, 2.24) is 0 Å². The molecule has 0 aromatic rings. The Morgan fingerprint density at radius 3 is 2.44 bits per heavy atom. The molecule has 0 aromatic heterocycles. The van der Waals surface area contributed by atoms with Gasteiger partial charge < -0.3 is 4.74 Å². The zero-order valence-corrected chi connectivity index (χ0v) is 6.40. The molecule has 0 radical (unpaired) electrons. The van der Waals surface area contributed by atoms with E-state index in [0.29, 0.717) is 0 Å². The van der Waals surface area contributed by atoms with E-state index in [-0.39, 0.29) is 5.60 Å². The highest BCUT2D eigenvalue weighted by atomic mass is 16.5. The quantitative estimate of drug-likeness (QED) is 0.484. The number of hydrogen-bond donors (Lipinski definition) is 0. The van der Waals surface area contributed by atoms with Gasteiger partial charge in [-0.2, -0.15) is 0 Å². The Bertz CT molecular complexity index is 134. The molecule has 0 spiro atoms. The molecule has 0 amide bonds. The first-order valence-corrected chi connectivity index (χ1v) is 3.48. The highest BCUT2D eigenvalue weighted by molar-refractivity contribution is 5.00. The molecule has 52 valence electrons. The maximum atomic E-state index is 5.56. The van der Waals surface area contributed by atoms with Crippen LogP contribution >= 0.6 is 0 Å². The average molecular weight is 126 g/mol. The summed E-state index contributed by atoms with van der Waals surface area (Å²) in [5.41, 5.74) is 0.0991. The van der Waals surface area contributed by atoms with E-state index in [0.717, 1.165) is 18.6 Å². The summed E-state index contributed by atoms with van der Waals surface area (Å²) in [6.07, 6.45) is 4.32. The van der Waals surface area contributed by atoms with Crippen molar-refractivity contribution in [3.05, 3.63) is 11.8 Å². The van der Waals surface area contributed by atoms with Gasteiger partial charge in [0.2, 0.25) is 0 Å². The second-order valence-electron chi connectivity index (χ2n) is 3.12. The van der Waals surface area contributed by atoms with Crippen molar-refractivity contribution in [2.45, 2.75) is 39.2 Å². The molecule has 0 bridgehead atoms. The topological polar surface area (TPSA) is 9.23 Å². The Kier molecular flexibility index (Phi) is 1.52. The minimum absolute atomic E-state index is 0.0991. The largest absolute Gasteiger partial charge is 0.493 e. The lowest BCUT2D eigenvalue weighted by molar-refractivity contribution is 0.0764. The number of hydrogen-bond acceptors (Lipinski definition) is 1. The van der Waals surface area contributed by atoms with Crippen LogP contribution in [0.1, 0.15) is 33.6 Å². The van der Waals surface area contributed by atoms with Gasteiger partial charge in [0.15, 0.2) is 0 Å². The summed E-state index contributed by atoms with van der Waals surface area (Å²) in [7, 11) is 0. The normalized spacial score (nSPS) is 28.6. The molecule has 1 heterocycles. The summed E-state index contributed by atoms with van der Waals surface area (Å²) < 4.78 is 5.56. The van der Waals surface area contributed by atoms with Gasteiger partial charge in [0.25, 0.3) is 0 Å². The van der Waals surface area contributed by atoms with E-state index >= 15 is 0 Å². The van der Waals surface area contributed by atoms with Gasteiger partial charge in [0, 0.05) is 6.42 Å². The summed E-state index contributed by atoms with van der Waals surface area (Å²) in [6, 6.07) is 0. The lowest BCUT2D eigenvalue weighted by atomic mass is 10.1. The van der Waals surface area contributed by atoms with Crippen LogP contribution in [0.4, 0.5) is 0 Å². The summed E-state index contributed by atoms with van der Waals surface area (Å²) >= 11 is 0. The smallest absolute Gasteiger partial charge is 0.103 e. The van der Waals surface area contributed by atoms with E-state index < -0.39 is 0 Å². The highest BCUT2D eigenvalue weighted by Crippen LogP contribution is 2.31. The number of allylic oxidation sites excluding steroid dienone is 2. The molecule has 1 fully saturated rings. The Labute approximate surface area is 56.7 Å². The van der Waals surface area contributed by atoms with Crippen molar-refractivity contribution in [1.29, 1.82) is 0 Å². The van der Waals surface area contributed by atoms with Crippen LogP contribution in [0.15, 0.2) is 11.8 Å². The van der Waals surface area contributed by atoms with Gasteiger partial charge in [-0.25, -0.2) is 0 Å². The Hall–Kier alpha value is -0.460. The Balaban J connectivity index is 2.57. The minimum Gasteiger partial charge on any atom is -0.493 e. The van der Waals surface area contributed by atoms with Gasteiger partial charge in [0.05, 0.1) is 5.76 Å². The molecule has 0 aliphatic carbocycles. The molecule has 1 saturated heterocycles. The van der Waals surface area contributed by atoms with E-state index in [4.69, 9.17) is 4.74 Å². The summed E-state index contributed by atoms with van der Waals surface area (Å²) in [5, 5.41) is 0. The van der Waals surface area contributed by atoms with Crippen molar-refractivity contribution in [3.63, 3.8) is 0 Å². The van der Waals surface area contributed by atoms with Crippen LogP contribution in [0.3, 0.4) is 0 Å². The van der Waals surface area contributed by atoms with Crippen LogP contribution < -0.4 is 0 Å². The lowest BCUT2D eigenvalue weighted by Gasteiger charge is -2.16. The summed E-state index contributed by atoms with van der Waals surface area (Å²) in [6.45, 7) is 6.28. The van der Waals surface area contributed by atoms with Crippen molar-refractivity contribution in [3.8, 4) is 0 Å². The van der Waals surface area contributed by atoms with E-state index in [1.807, 2.05) is 6.92 Å². The maximum Gasteiger partial charge on any atom is 0.103 e. The fourth-order valence-corrected chi connectivity index (χ4v) is 1.08. The molecule has 0 unspecified atom stereocenters. The van der Waals surface area contributed by atoms with E-state index in [1.165, 1.54) is 0 Å². The van der Waals surface area contributed by atoms with Crippen molar-refractivity contribution in [2.24, 2.45) is 0 Å². The van der Waals surface area contributed by atoms with Crippen molar-refractivity contribution >= 4 is 0 Å².